The van der Waals surface area contributed by atoms with Crippen molar-refractivity contribution in [2.24, 2.45) is 7.05 Å². The second-order valence-corrected chi connectivity index (χ2v) is 5.14. The molecule has 112 valence electrons. The van der Waals surface area contributed by atoms with Crippen molar-refractivity contribution in [3.8, 4) is 5.75 Å². The first kappa shape index (κ1) is 14.9. The largest absolute Gasteiger partial charge is 0.495 e. The maximum atomic E-state index is 12.2. The molecule has 0 saturated carbocycles. The molecule has 0 aliphatic carbocycles. The Morgan fingerprint density at radius 1 is 1.38 bits per heavy atom. The molecular formula is C15H20N4O2. The number of anilines is 2. The minimum Gasteiger partial charge on any atom is -0.495 e. The van der Waals surface area contributed by atoms with Crippen LogP contribution in [0.5, 0.6) is 5.75 Å². The second-order valence-electron chi connectivity index (χ2n) is 5.14. The molecule has 0 atom stereocenters. The fourth-order valence-corrected chi connectivity index (χ4v) is 2.14. The molecule has 6 heteroatoms. The van der Waals surface area contributed by atoms with Crippen LogP contribution >= 0.6 is 0 Å². The minimum atomic E-state index is -0.262. The van der Waals surface area contributed by atoms with Crippen LogP contribution < -0.4 is 15.8 Å². The summed E-state index contributed by atoms with van der Waals surface area (Å²) in [6, 6.07) is 6.90. The molecule has 0 unspecified atom stereocenters. The Bertz CT molecular complexity index is 662. The molecule has 3 N–H and O–H groups in total. The Morgan fingerprint density at radius 3 is 2.62 bits per heavy atom. The lowest BCUT2D eigenvalue weighted by molar-refractivity contribution is 0.102. The number of nitrogens with zero attached hydrogens (tertiary/aromatic N) is 2. The van der Waals surface area contributed by atoms with E-state index in [4.69, 9.17) is 10.5 Å². The molecule has 1 heterocycles. The number of benzene rings is 1. The maximum Gasteiger partial charge on any atom is 0.276 e. The Kier molecular flexibility index (Phi) is 4.16. The highest BCUT2D eigenvalue weighted by Crippen LogP contribution is 2.25. The molecule has 2 rings (SSSR count). The fraction of sp³-hybridized carbons (Fsp3) is 0.333. The summed E-state index contributed by atoms with van der Waals surface area (Å²) in [7, 11) is 3.38. The van der Waals surface area contributed by atoms with Gasteiger partial charge < -0.3 is 15.8 Å². The van der Waals surface area contributed by atoms with Crippen molar-refractivity contribution in [2.45, 2.75) is 19.8 Å². The van der Waals surface area contributed by atoms with Crippen molar-refractivity contribution >= 4 is 17.3 Å². The average molecular weight is 288 g/mol. The zero-order chi connectivity index (χ0) is 15.6. The molecular weight excluding hydrogens is 268 g/mol. The first-order chi connectivity index (χ1) is 9.92. The number of hydrogen-bond donors (Lipinski definition) is 2. The van der Waals surface area contributed by atoms with Crippen LogP contribution in [0.2, 0.25) is 0 Å². The van der Waals surface area contributed by atoms with Crippen molar-refractivity contribution in [3.05, 3.63) is 35.7 Å². The van der Waals surface area contributed by atoms with Crippen molar-refractivity contribution in [3.63, 3.8) is 0 Å². The van der Waals surface area contributed by atoms with E-state index >= 15 is 0 Å². The molecule has 0 aliphatic rings. The first-order valence-electron chi connectivity index (χ1n) is 6.71. The Labute approximate surface area is 123 Å². The van der Waals surface area contributed by atoms with Gasteiger partial charge in [-0.05, 0) is 30.2 Å². The molecule has 1 aromatic carbocycles. The van der Waals surface area contributed by atoms with Crippen molar-refractivity contribution in [1.29, 1.82) is 0 Å². The minimum absolute atomic E-state index is 0.262. The number of nitrogens with two attached hydrogens (primary N) is 1. The van der Waals surface area contributed by atoms with E-state index in [1.165, 1.54) is 0 Å². The van der Waals surface area contributed by atoms with E-state index in [0.717, 1.165) is 5.69 Å². The Balaban J connectivity index is 2.18. The van der Waals surface area contributed by atoms with E-state index in [0.29, 0.717) is 28.7 Å². The first-order valence-corrected chi connectivity index (χ1v) is 6.71. The van der Waals surface area contributed by atoms with Gasteiger partial charge in [-0.15, -0.1) is 0 Å². The normalized spacial score (nSPS) is 10.7. The van der Waals surface area contributed by atoms with Crippen LogP contribution in [0.25, 0.3) is 0 Å². The highest BCUT2D eigenvalue weighted by Gasteiger charge is 2.15. The summed E-state index contributed by atoms with van der Waals surface area (Å²) in [5, 5.41) is 7.01. The van der Waals surface area contributed by atoms with Crippen LogP contribution in [0, 0.1) is 0 Å². The standard InChI is InChI=1S/C15H20N4O2/c1-9(2)13-8-12(18-19(13)3)15(20)17-10-5-6-14(21-4)11(16)7-10/h5-9H,16H2,1-4H3,(H,17,20). The third-order valence-corrected chi connectivity index (χ3v) is 3.23. The molecule has 0 fully saturated rings. The topological polar surface area (TPSA) is 82.2 Å². The number of ether oxygens (including phenoxy) is 1. The third kappa shape index (κ3) is 3.16. The van der Waals surface area contributed by atoms with E-state index in [-0.39, 0.29) is 5.91 Å². The Morgan fingerprint density at radius 2 is 2.10 bits per heavy atom. The number of methoxy groups -OCH3 is 1. The summed E-state index contributed by atoms with van der Waals surface area (Å²) in [6.07, 6.45) is 0. The monoisotopic (exact) mass is 288 g/mol. The molecule has 0 aliphatic heterocycles. The molecule has 0 radical (unpaired) electrons. The molecule has 0 spiro atoms. The molecule has 0 saturated heterocycles. The number of aromatic nitrogens is 2. The van der Waals surface area contributed by atoms with Gasteiger partial charge in [0, 0.05) is 18.4 Å². The number of carbonyl (C=O) groups is 1. The highest BCUT2D eigenvalue weighted by atomic mass is 16.5. The lowest BCUT2D eigenvalue weighted by atomic mass is 10.1. The SMILES string of the molecule is COc1ccc(NC(=O)c2cc(C(C)C)n(C)n2)cc1N. The van der Waals surface area contributed by atoms with Gasteiger partial charge in [0.25, 0.3) is 5.91 Å². The van der Waals surface area contributed by atoms with E-state index in [1.807, 2.05) is 7.05 Å². The molecule has 6 nitrogen and oxygen atoms in total. The van der Waals surface area contributed by atoms with Gasteiger partial charge in [-0.1, -0.05) is 13.8 Å². The summed E-state index contributed by atoms with van der Waals surface area (Å²) in [5.41, 5.74) is 8.29. The van der Waals surface area contributed by atoms with Crippen molar-refractivity contribution in [1.82, 2.24) is 9.78 Å². The zero-order valence-electron chi connectivity index (χ0n) is 12.7. The van der Waals surface area contributed by atoms with Gasteiger partial charge in [-0.3, -0.25) is 9.48 Å². The van der Waals surface area contributed by atoms with Gasteiger partial charge >= 0.3 is 0 Å². The molecule has 1 aromatic heterocycles. The quantitative estimate of drug-likeness (QED) is 0.846. The second kappa shape index (κ2) is 5.87. The van der Waals surface area contributed by atoms with E-state index in [2.05, 4.69) is 24.3 Å². The van der Waals surface area contributed by atoms with Gasteiger partial charge in [-0.2, -0.15) is 5.10 Å². The molecule has 2 aromatic rings. The Hall–Kier alpha value is -2.50. The third-order valence-electron chi connectivity index (χ3n) is 3.23. The number of hydrogen-bond acceptors (Lipinski definition) is 4. The number of nitrogen functional groups attached to an aromatic ring is 1. The van der Waals surface area contributed by atoms with Crippen LogP contribution in [-0.4, -0.2) is 22.8 Å². The molecule has 1 amide bonds. The summed E-state index contributed by atoms with van der Waals surface area (Å²) in [4.78, 5) is 12.2. The zero-order valence-corrected chi connectivity index (χ0v) is 12.7. The number of aryl methyl sites for hydroxylation is 1. The predicted octanol–water partition coefficient (Wildman–Crippen LogP) is 2.39. The average Bonchev–Trinajstić information content (AvgIpc) is 2.81. The fourth-order valence-electron chi connectivity index (χ4n) is 2.14. The van der Waals surface area contributed by atoms with E-state index in [1.54, 1.807) is 36.1 Å². The van der Waals surface area contributed by atoms with Gasteiger partial charge in [0.15, 0.2) is 5.69 Å². The number of rotatable bonds is 4. The summed E-state index contributed by atoms with van der Waals surface area (Å²) < 4.78 is 6.81. The maximum absolute atomic E-state index is 12.2. The summed E-state index contributed by atoms with van der Waals surface area (Å²) >= 11 is 0. The van der Waals surface area contributed by atoms with E-state index in [9.17, 15) is 4.79 Å². The lowest BCUT2D eigenvalue weighted by Crippen LogP contribution is -2.13. The van der Waals surface area contributed by atoms with Crippen LogP contribution in [-0.2, 0) is 7.05 Å². The summed E-state index contributed by atoms with van der Waals surface area (Å²) in [6.45, 7) is 4.12. The van der Waals surface area contributed by atoms with Crippen molar-refractivity contribution in [2.75, 3.05) is 18.2 Å². The lowest BCUT2D eigenvalue weighted by Gasteiger charge is -2.07. The van der Waals surface area contributed by atoms with Crippen LogP contribution in [0.3, 0.4) is 0 Å². The van der Waals surface area contributed by atoms with Crippen LogP contribution in [0.4, 0.5) is 11.4 Å². The number of carbonyl (C=O) groups excluding carboxylic acids is 1. The summed E-state index contributed by atoms with van der Waals surface area (Å²) in [5.74, 6) is 0.621. The molecule has 0 bridgehead atoms. The van der Waals surface area contributed by atoms with Crippen LogP contribution in [0.1, 0.15) is 35.9 Å². The number of amides is 1. The van der Waals surface area contributed by atoms with Crippen molar-refractivity contribution < 1.29 is 9.53 Å². The van der Waals surface area contributed by atoms with Gasteiger partial charge in [0.1, 0.15) is 5.75 Å². The van der Waals surface area contributed by atoms with Crippen LogP contribution in [0.15, 0.2) is 24.3 Å². The number of nitrogens with one attached hydrogen (secondary N) is 1. The predicted molar refractivity (Wildman–Crippen MR) is 82.7 cm³/mol. The molecule has 21 heavy (non-hydrogen) atoms. The van der Waals surface area contributed by atoms with Gasteiger partial charge in [0.2, 0.25) is 0 Å². The van der Waals surface area contributed by atoms with Gasteiger partial charge in [-0.25, -0.2) is 0 Å². The van der Waals surface area contributed by atoms with Gasteiger partial charge in [0.05, 0.1) is 12.8 Å². The van der Waals surface area contributed by atoms with E-state index < -0.39 is 0 Å². The highest BCUT2D eigenvalue weighted by molar-refractivity contribution is 6.03. The smallest absolute Gasteiger partial charge is 0.276 e.